The van der Waals surface area contributed by atoms with Crippen LogP contribution >= 0.6 is 0 Å². The van der Waals surface area contributed by atoms with Crippen LogP contribution in [-0.2, 0) is 14.3 Å². The van der Waals surface area contributed by atoms with E-state index >= 15 is 0 Å². The fourth-order valence-electron chi connectivity index (χ4n) is 2.99. The van der Waals surface area contributed by atoms with Gasteiger partial charge in [0.2, 0.25) is 0 Å². The minimum atomic E-state index is -0.672. The number of hydrogen-bond donors (Lipinski definition) is 1. The molecule has 6 nitrogen and oxygen atoms in total. The Kier molecular flexibility index (Phi) is 3.80. The molecule has 0 bridgehead atoms. The second kappa shape index (κ2) is 5.53. The summed E-state index contributed by atoms with van der Waals surface area (Å²) in [5, 5.41) is 3.13. The quantitative estimate of drug-likeness (QED) is 0.846. The standard InChI is InChI=1S/C17H22N2O4/c1-16(2,3)22-14(20)13-9-17(10-18-13)11-19(15(21)23-17)12-7-5-4-6-8-12/h4-8,13,18H,9-11H2,1-3H3/t13-,17-/m0/s1. The van der Waals surface area contributed by atoms with Gasteiger partial charge in [0, 0.05) is 18.7 Å². The van der Waals surface area contributed by atoms with E-state index in [9.17, 15) is 9.59 Å². The van der Waals surface area contributed by atoms with Gasteiger partial charge >= 0.3 is 12.1 Å². The van der Waals surface area contributed by atoms with Crippen LogP contribution in [0.15, 0.2) is 30.3 Å². The Morgan fingerprint density at radius 1 is 1.35 bits per heavy atom. The maximum absolute atomic E-state index is 12.2. The SMILES string of the molecule is CC(C)(C)OC(=O)[C@@H]1C[C@]2(CN1)CN(c1ccccc1)C(=O)O2. The molecule has 0 saturated carbocycles. The molecule has 2 saturated heterocycles. The summed E-state index contributed by atoms with van der Waals surface area (Å²) in [4.78, 5) is 26.0. The van der Waals surface area contributed by atoms with Crippen LogP contribution < -0.4 is 10.2 Å². The molecule has 2 aliphatic heterocycles. The number of rotatable bonds is 2. The van der Waals surface area contributed by atoms with Gasteiger partial charge in [-0.05, 0) is 32.9 Å². The molecule has 0 radical (unpaired) electrons. The molecule has 1 N–H and O–H groups in total. The van der Waals surface area contributed by atoms with Crippen LogP contribution in [0.3, 0.4) is 0 Å². The molecule has 3 rings (SSSR count). The van der Waals surface area contributed by atoms with Crippen molar-refractivity contribution in [2.45, 2.75) is 44.4 Å². The molecular weight excluding hydrogens is 296 g/mol. The third-order valence-corrected chi connectivity index (χ3v) is 3.98. The molecule has 0 unspecified atom stereocenters. The summed E-state index contributed by atoms with van der Waals surface area (Å²) < 4.78 is 11.0. The largest absolute Gasteiger partial charge is 0.459 e. The van der Waals surface area contributed by atoms with E-state index in [1.165, 1.54) is 0 Å². The van der Waals surface area contributed by atoms with E-state index < -0.39 is 17.2 Å². The Hall–Kier alpha value is -2.08. The van der Waals surface area contributed by atoms with Crippen LogP contribution in [0.5, 0.6) is 0 Å². The average Bonchev–Trinajstić information content (AvgIpc) is 3.02. The molecular formula is C17H22N2O4. The Bertz CT molecular complexity index is 611. The van der Waals surface area contributed by atoms with E-state index in [4.69, 9.17) is 9.47 Å². The third-order valence-electron chi connectivity index (χ3n) is 3.98. The maximum atomic E-state index is 12.2. The van der Waals surface area contributed by atoms with E-state index in [1.54, 1.807) is 4.90 Å². The predicted molar refractivity (Wildman–Crippen MR) is 85.3 cm³/mol. The van der Waals surface area contributed by atoms with Gasteiger partial charge in [0.05, 0.1) is 6.54 Å². The second-order valence-corrected chi connectivity index (χ2v) is 7.14. The highest BCUT2D eigenvalue weighted by molar-refractivity contribution is 5.90. The van der Waals surface area contributed by atoms with E-state index in [0.29, 0.717) is 19.5 Å². The van der Waals surface area contributed by atoms with Crippen LogP contribution in [0.1, 0.15) is 27.2 Å². The molecule has 1 spiro atoms. The van der Waals surface area contributed by atoms with E-state index in [-0.39, 0.29) is 12.1 Å². The van der Waals surface area contributed by atoms with Gasteiger partial charge in [0.15, 0.2) is 0 Å². The van der Waals surface area contributed by atoms with Gasteiger partial charge in [-0.1, -0.05) is 18.2 Å². The summed E-state index contributed by atoms with van der Waals surface area (Å²) in [6.07, 6.45) is 0.0552. The molecule has 1 aromatic rings. The van der Waals surface area contributed by atoms with Crippen LogP contribution in [0.25, 0.3) is 0 Å². The highest BCUT2D eigenvalue weighted by Gasteiger charge is 2.52. The topological polar surface area (TPSA) is 67.9 Å². The number of amides is 1. The zero-order chi connectivity index (χ0) is 16.7. The number of nitrogens with zero attached hydrogens (tertiary/aromatic N) is 1. The summed E-state index contributed by atoms with van der Waals surface area (Å²) in [5.41, 5.74) is -0.402. The van der Waals surface area contributed by atoms with Crippen molar-refractivity contribution in [2.75, 3.05) is 18.0 Å². The van der Waals surface area contributed by atoms with Crippen molar-refractivity contribution in [2.24, 2.45) is 0 Å². The zero-order valence-corrected chi connectivity index (χ0v) is 13.7. The molecule has 2 atom stereocenters. The van der Waals surface area contributed by atoms with Crippen LogP contribution in [0.2, 0.25) is 0 Å². The summed E-state index contributed by atoms with van der Waals surface area (Å²) in [6.45, 7) is 6.39. The zero-order valence-electron chi connectivity index (χ0n) is 13.7. The number of carbonyl (C=O) groups excluding carboxylic acids is 2. The summed E-state index contributed by atoms with van der Waals surface area (Å²) in [7, 11) is 0. The fourth-order valence-corrected chi connectivity index (χ4v) is 2.99. The van der Waals surface area contributed by atoms with E-state index in [0.717, 1.165) is 5.69 Å². The molecule has 2 aliphatic rings. The first-order valence-corrected chi connectivity index (χ1v) is 7.80. The highest BCUT2D eigenvalue weighted by atomic mass is 16.6. The van der Waals surface area contributed by atoms with Crippen molar-refractivity contribution in [3.05, 3.63) is 30.3 Å². The summed E-state index contributed by atoms with van der Waals surface area (Å²) in [5.74, 6) is -0.302. The molecule has 124 valence electrons. The lowest BCUT2D eigenvalue weighted by Crippen LogP contribution is -2.37. The monoisotopic (exact) mass is 318 g/mol. The normalized spacial score (nSPS) is 27.3. The van der Waals surface area contributed by atoms with Gasteiger partial charge in [0.1, 0.15) is 17.2 Å². The van der Waals surface area contributed by atoms with Gasteiger partial charge in [-0.3, -0.25) is 9.69 Å². The number of benzene rings is 1. The molecule has 1 amide bonds. The number of esters is 1. The third kappa shape index (κ3) is 3.32. The summed E-state index contributed by atoms with van der Waals surface area (Å²) >= 11 is 0. The smallest absolute Gasteiger partial charge is 0.415 e. The minimum absolute atomic E-state index is 0.302. The number of hydrogen-bond acceptors (Lipinski definition) is 5. The molecule has 2 fully saturated rings. The molecule has 23 heavy (non-hydrogen) atoms. The molecule has 2 heterocycles. The Labute approximate surface area is 135 Å². The lowest BCUT2D eigenvalue weighted by molar-refractivity contribution is -0.157. The molecule has 0 aromatic heterocycles. The Balaban J connectivity index is 1.69. The number of anilines is 1. The summed E-state index contributed by atoms with van der Waals surface area (Å²) in [6, 6.07) is 8.95. The Morgan fingerprint density at radius 3 is 2.70 bits per heavy atom. The van der Waals surface area contributed by atoms with Crippen LogP contribution in [0, 0.1) is 0 Å². The van der Waals surface area contributed by atoms with Crippen molar-refractivity contribution in [3.8, 4) is 0 Å². The average molecular weight is 318 g/mol. The lowest BCUT2D eigenvalue weighted by Gasteiger charge is -2.23. The maximum Gasteiger partial charge on any atom is 0.415 e. The van der Waals surface area contributed by atoms with Gasteiger partial charge in [-0.2, -0.15) is 0 Å². The van der Waals surface area contributed by atoms with E-state index in [2.05, 4.69) is 5.32 Å². The first kappa shape index (κ1) is 15.8. The number of carbonyl (C=O) groups is 2. The molecule has 6 heteroatoms. The highest BCUT2D eigenvalue weighted by Crippen LogP contribution is 2.34. The number of nitrogens with one attached hydrogen (secondary N) is 1. The first-order chi connectivity index (χ1) is 10.8. The minimum Gasteiger partial charge on any atom is -0.459 e. The predicted octanol–water partition coefficient (Wildman–Crippen LogP) is 2.09. The lowest BCUT2D eigenvalue weighted by atomic mass is 10.00. The molecule has 1 aromatic carbocycles. The Morgan fingerprint density at radius 2 is 2.04 bits per heavy atom. The van der Waals surface area contributed by atoms with Crippen LogP contribution in [-0.4, -0.2) is 42.4 Å². The first-order valence-electron chi connectivity index (χ1n) is 7.80. The van der Waals surface area contributed by atoms with Gasteiger partial charge in [-0.15, -0.1) is 0 Å². The van der Waals surface area contributed by atoms with Gasteiger partial charge in [-0.25, -0.2) is 4.79 Å². The van der Waals surface area contributed by atoms with Crippen molar-refractivity contribution in [1.29, 1.82) is 0 Å². The van der Waals surface area contributed by atoms with Gasteiger partial charge in [0.25, 0.3) is 0 Å². The fraction of sp³-hybridized carbons (Fsp3) is 0.529. The van der Waals surface area contributed by atoms with Crippen molar-refractivity contribution in [1.82, 2.24) is 5.32 Å². The van der Waals surface area contributed by atoms with Crippen molar-refractivity contribution >= 4 is 17.7 Å². The van der Waals surface area contributed by atoms with Crippen LogP contribution in [0.4, 0.5) is 10.5 Å². The molecule has 0 aliphatic carbocycles. The second-order valence-electron chi connectivity index (χ2n) is 7.14. The van der Waals surface area contributed by atoms with Crippen molar-refractivity contribution in [3.63, 3.8) is 0 Å². The van der Waals surface area contributed by atoms with Crippen molar-refractivity contribution < 1.29 is 19.1 Å². The number of ether oxygens (including phenoxy) is 2. The number of para-hydroxylation sites is 1. The van der Waals surface area contributed by atoms with E-state index in [1.807, 2.05) is 51.1 Å². The van der Waals surface area contributed by atoms with Gasteiger partial charge < -0.3 is 14.8 Å².